The Morgan fingerprint density at radius 2 is 1.91 bits per heavy atom. The van der Waals surface area contributed by atoms with Crippen LogP contribution < -0.4 is 5.32 Å². The molecular formula is C19H20BrN3. The molecule has 4 heteroatoms. The monoisotopic (exact) mass is 369 g/mol. The quantitative estimate of drug-likeness (QED) is 0.659. The molecule has 3 aromatic rings. The van der Waals surface area contributed by atoms with Gasteiger partial charge in [-0.05, 0) is 37.1 Å². The largest absolute Gasteiger partial charge is 0.367 e. The van der Waals surface area contributed by atoms with Crippen LogP contribution in [0.4, 0.5) is 5.82 Å². The first-order chi connectivity index (χ1) is 11.3. The number of fused-ring (bicyclic) bond motifs is 1. The van der Waals surface area contributed by atoms with Gasteiger partial charge < -0.3 is 5.32 Å². The molecule has 0 bridgehead atoms. The first-order valence-electron chi connectivity index (χ1n) is 8.31. The molecule has 1 aromatic carbocycles. The lowest BCUT2D eigenvalue weighted by molar-refractivity contribution is 0.462. The van der Waals surface area contributed by atoms with Gasteiger partial charge in [0.1, 0.15) is 17.2 Å². The summed E-state index contributed by atoms with van der Waals surface area (Å²) in [5, 5.41) is 3.78. The SMILES string of the molecule is Brc1cccc(-c2nc3ccccn3c2NC2CCCCC2)c1. The first-order valence-corrected chi connectivity index (χ1v) is 9.10. The second kappa shape index (κ2) is 6.36. The summed E-state index contributed by atoms with van der Waals surface area (Å²) in [6, 6.07) is 15.1. The summed E-state index contributed by atoms with van der Waals surface area (Å²) in [5.74, 6) is 1.12. The number of hydrogen-bond donors (Lipinski definition) is 1. The van der Waals surface area contributed by atoms with Gasteiger partial charge in [-0.25, -0.2) is 4.98 Å². The second-order valence-electron chi connectivity index (χ2n) is 6.23. The molecule has 0 saturated heterocycles. The molecule has 1 aliphatic carbocycles. The molecule has 0 atom stereocenters. The average Bonchev–Trinajstić information content (AvgIpc) is 2.95. The fourth-order valence-electron chi connectivity index (χ4n) is 3.41. The van der Waals surface area contributed by atoms with Crippen LogP contribution in [0.2, 0.25) is 0 Å². The zero-order valence-electron chi connectivity index (χ0n) is 13.0. The predicted octanol–water partition coefficient (Wildman–Crippen LogP) is 5.51. The van der Waals surface area contributed by atoms with Crippen LogP contribution in [-0.4, -0.2) is 15.4 Å². The van der Waals surface area contributed by atoms with Gasteiger partial charge >= 0.3 is 0 Å². The number of hydrogen-bond acceptors (Lipinski definition) is 2. The van der Waals surface area contributed by atoms with Crippen molar-refractivity contribution in [3.63, 3.8) is 0 Å². The first kappa shape index (κ1) is 14.8. The number of rotatable bonds is 3. The van der Waals surface area contributed by atoms with Gasteiger partial charge in [0.05, 0.1) is 0 Å². The number of anilines is 1. The van der Waals surface area contributed by atoms with Crippen LogP contribution in [0.5, 0.6) is 0 Å². The van der Waals surface area contributed by atoms with E-state index in [-0.39, 0.29) is 0 Å². The predicted molar refractivity (Wildman–Crippen MR) is 98.8 cm³/mol. The Balaban J connectivity index is 1.80. The molecule has 118 valence electrons. The van der Waals surface area contributed by atoms with Crippen molar-refractivity contribution >= 4 is 27.4 Å². The minimum atomic E-state index is 0.551. The summed E-state index contributed by atoms with van der Waals surface area (Å²) in [7, 11) is 0. The molecule has 1 N–H and O–H groups in total. The van der Waals surface area contributed by atoms with E-state index in [1.54, 1.807) is 0 Å². The van der Waals surface area contributed by atoms with Crippen LogP contribution in [0.3, 0.4) is 0 Å². The van der Waals surface area contributed by atoms with Gasteiger partial charge in [0.15, 0.2) is 0 Å². The lowest BCUT2D eigenvalue weighted by Gasteiger charge is -2.24. The van der Waals surface area contributed by atoms with E-state index < -0.39 is 0 Å². The van der Waals surface area contributed by atoms with Crippen molar-refractivity contribution in [1.29, 1.82) is 0 Å². The third-order valence-electron chi connectivity index (χ3n) is 4.57. The standard InChI is InChI=1S/C19H20BrN3/c20-15-8-6-7-14(13-15)18-19(21-16-9-2-1-3-10-16)23-12-5-4-11-17(23)22-18/h4-8,11-13,16,21H,1-3,9-10H2. The Morgan fingerprint density at radius 1 is 1.04 bits per heavy atom. The molecule has 0 spiro atoms. The molecule has 2 aromatic heterocycles. The molecule has 0 amide bonds. The molecule has 0 radical (unpaired) electrons. The van der Waals surface area contributed by atoms with Gasteiger partial charge in [-0.1, -0.05) is 53.4 Å². The molecule has 1 aliphatic rings. The van der Waals surface area contributed by atoms with E-state index in [4.69, 9.17) is 4.98 Å². The molecule has 23 heavy (non-hydrogen) atoms. The van der Waals surface area contributed by atoms with Crippen molar-refractivity contribution in [2.75, 3.05) is 5.32 Å². The Bertz CT molecular complexity index is 818. The highest BCUT2D eigenvalue weighted by molar-refractivity contribution is 9.10. The minimum absolute atomic E-state index is 0.551. The highest BCUT2D eigenvalue weighted by atomic mass is 79.9. The molecule has 0 unspecified atom stereocenters. The normalized spacial score (nSPS) is 15.9. The molecule has 3 nitrogen and oxygen atoms in total. The van der Waals surface area contributed by atoms with E-state index >= 15 is 0 Å². The van der Waals surface area contributed by atoms with Gasteiger partial charge in [-0.3, -0.25) is 4.40 Å². The topological polar surface area (TPSA) is 29.3 Å². The number of nitrogens with zero attached hydrogens (tertiary/aromatic N) is 2. The van der Waals surface area contributed by atoms with Crippen molar-refractivity contribution in [1.82, 2.24) is 9.38 Å². The third kappa shape index (κ3) is 3.00. The molecule has 0 aliphatic heterocycles. The van der Waals surface area contributed by atoms with Crippen LogP contribution in [-0.2, 0) is 0 Å². The highest BCUT2D eigenvalue weighted by Gasteiger charge is 2.19. The zero-order chi connectivity index (χ0) is 15.6. The maximum absolute atomic E-state index is 4.87. The molecule has 4 rings (SSSR count). The molecule has 2 heterocycles. The molecule has 1 saturated carbocycles. The van der Waals surface area contributed by atoms with Crippen molar-refractivity contribution in [2.45, 2.75) is 38.1 Å². The van der Waals surface area contributed by atoms with Gasteiger partial charge in [-0.15, -0.1) is 0 Å². The van der Waals surface area contributed by atoms with Crippen molar-refractivity contribution in [2.24, 2.45) is 0 Å². The minimum Gasteiger partial charge on any atom is -0.367 e. The number of halogens is 1. The number of pyridine rings is 1. The molecule has 1 fully saturated rings. The summed E-state index contributed by atoms with van der Waals surface area (Å²) >= 11 is 3.57. The van der Waals surface area contributed by atoms with Crippen LogP contribution in [0.15, 0.2) is 53.1 Å². The lowest BCUT2D eigenvalue weighted by atomic mass is 9.95. The summed E-state index contributed by atoms with van der Waals surface area (Å²) in [6.45, 7) is 0. The summed E-state index contributed by atoms with van der Waals surface area (Å²) in [4.78, 5) is 4.87. The lowest BCUT2D eigenvalue weighted by Crippen LogP contribution is -2.23. The number of aromatic nitrogens is 2. The second-order valence-corrected chi connectivity index (χ2v) is 7.14. The average molecular weight is 370 g/mol. The third-order valence-corrected chi connectivity index (χ3v) is 5.07. The smallest absolute Gasteiger partial charge is 0.139 e. The summed E-state index contributed by atoms with van der Waals surface area (Å²) < 4.78 is 3.25. The van der Waals surface area contributed by atoms with E-state index in [1.807, 2.05) is 12.1 Å². The van der Waals surface area contributed by atoms with E-state index in [9.17, 15) is 0 Å². The van der Waals surface area contributed by atoms with E-state index in [0.717, 1.165) is 27.2 Å². The summed E-state index contributed by atoms with van der Waals surface area (Å²) in [5.41, 5.74) is 3.16. The van der Waals surface area contributed by atoms with Crippen molar-refractivity contribution in [3.05, 3.63) is 53.1 Å². The van der Waals surface area contributed by atoms with E-state index in [1.165, 1.54) is 32.1 Å². The Hall–Kier alpha value is -1.81. The van der Waals surface area contributed by atoms with Gasteiger partial charge in [0, 0.05) is 22.3 Å². The maximum Gasteiger partial charge on any atom is 0.139 e. The zero-order valence-corrected chi connectivity index (χ0v) is 14.6. The highest BCUT2D eigenvalue weighted by Crippen LogP contribution is 2.32. The number of benzene rings is 1. The fourth-order valence-corrected chi connectivity index (χ4v) is 3.81. The maximum atomic E-state index is 4.87. The van der Waals surface area contributed by atoms with Gasteiger partial charge in [-0.2, -0.15) is 0 Å². The van der Waals surface area contributed by atoms with Crippen molar-refractivity contribution < 1.29 is 0 Å². The van der Waals surface area contributed by atoms with E-state index in [0.29, 0.717) is 6.04 Å². The van der Waals surface area contributed by atoms with Crippen LogP contribution in [0, 0.1) is 0 Å². The number of imidazole rings is 1. The van der Waals surface area contributed by atoms with Crippen LogP contribution in [0.25, 0.3) is 16.9 Å². The fraction of sp³-hybridized carbons (Fsp3) is 0.316. The Labute approximate surface area is 144 Å². The van der Waals surface area contributed by atoms with Gasteiger partial charge in [0.2, 0.25) is 0 Å². The Kier molecular flexibility index (Phi) is 4.08. The van der Waals surface area contributed by atoms with Crippen LogP contribution >= 0.6 is 15.9 Å². The van der Waals surface area contributed by atoms with Crippen LogP contribution in [0.1, 0.15) is 32.1 Å². The van der Waals surface area contributed by atoms with Crippen molar-refractivity contribution in [3.8, 4) is 11.3 Å². The Morgan fingerprint density at radius 3 is 2.74 bits per heavy atom. The number of nitrogens with one attached hydrogen (secondary N) is 1. The summed E-state index contributed by atoms with van der Waals surface area (Å²) in [6.07, 6.45) is 8.59. The van der Waals surface area contributed by atoms with Gasteiger partial charge in [0.25, 0.3) is 0 Å². The van der Waals surface area contributed by atoms with E-state index in [2.05, 4.69) is 62.2 Å². The molecular weight excluding hydrogens is 350 g/mol.